The molecule has 0 aliphatic rings. The van der Waals surface area contributed by atoms with Crippen LogP contribution in [0.5, 0.6) is 0 Å². The Balaban J connectivity index is 5.18. The van der Waals surface area contributed by atoms with Crippen LogP contribution in [0.4, 0.5) is 0 Å². The van der Waals surface area contributed by atoms with Crippen molar-refractivity contribution in [3.05, 3.63) is 0 Å². The van der Waals surface area contributed by atoms with Gasteiger partial charge in [-0.3, -0.25) is 0 Å². The third-order valence-corrected chi connectivity index (χ3v) is 4.31. The number of hydrogen-bond donors (Lipinski definition) is 0. The molecule has 0 radical (unpaired) electrons. The topological polar surface area (TPSA) is 37.4 Å². The maximum atomic E-state index is 11.9. The third kappa shape index (κ3) is 5.87. The summed E-state index contributed by atoms with van der Waals surface area (Å²) in [4.78, 5) is 0. The van der Waals surface area contributed by atoms with Crippen molar-refractivity contribution < 1.29 is 11.2 Å². The van der Waals surface area contributed by atoms with Gasteiger partial charge in [-0.05, 0) is 38.5 Å². The lowest BCUT2D eigenvalue weighted by Gasteiger charge is -2.36. The summed E-state index contributed by atoms with van der Waals surface area (Å²) in [6, 6.07) is 0. The molecule has 0 N–H and O–H groups in total. The van der Waals surface area contributed by atoms with Gasteiger partial charge in [0.05, 0.1) is 6.26 Å². The van der Waals surface area contributed by atoms with Crippen LogP contribution >= 0.6 is 0 Å². The Morgan fingerprint density at radius 3 is 1.94 bits per heavy atom. The molecule has 0 amide bonds. The van der Waals surface area contributed by atoms with Crippen LogP contribution in [0.3, 0.4) is 0 Å². The lowest BCUT2D eigenvalue weighted by Crippen LogP contribution is -2.46. The Bertz CT molecular complexity index is 382. The predicted molar refractivity (Wildman–Crippen MR) is 74.5 cm³/mol. The van der Waals surface area contributed by atoms with Crippen molar-refractivity contribution >= 4 is 10.0 Å². The molecule has 104 valence electrons. The Labute approximate surface area is 110 Å². The van der Waals surface area contributed by atoms with Crippen molar-refractivity contribution in [2.24, 2.45) is 11.3 Å². The van der Waals surface area contributed by atoms with Crippen molar-refractivity contribution in [3.63, 3.8) is 0 Å². The van der Waals surface area contributed by atoms with E-state index in [-0.39, 0.29) is 24.8 Å². The normalized spacial score (nSPS) is 19.8. The van der Waals surface area contributed by atoms with E-state index in [2.05, 4.69) is 0 Å². The first-order chi connectivity index (χ1) is 8.21. The van der Waals surface area contributed by atoms with Gasteiger partial charge in [0, 0.05) is 14.8 Å². The van der Waals surface area contributed by atoms with Crippen LogP contribution < -0.4 is 0 Å². The summed E-state index contributed by atoms with van der Waals surface area (Å²) in [5.74, 6) is -0.154. The highest BCUT2D eigenvalue weighted by molar-refractivity contribution is 7.88. The molecule has 0 aromatic rings. The van der Waals surface area contributed by atoms with Gasteiger partial charge in [0.15, 0.2) is 0 Å². The van der Waals surface area contributed by atoms with Gasteiger partial charge in [-0.1, -0.05) is 27.7 Å². The van der Waals surface area contributed by atoms with Crippen LogP contribution in [0.1, 0.15) is 57.6 Å². The number of sulfonamides is 1. The SMILES string of the molecule is [2H]CC(C([2H])CN(C(C)(C)C)S(C)(=O)=O)C(C)(C)C. The van der Waals surface area contributed by atoms with Crippen molar-refractivity contribution in [2.45, 2.75) is 60.4 Å². The maximum Gasteiger partial charge on any atom is 0.211 e. The zero-order valence-corrected chi connectivity index (χ0v) is 13.1. The monoisotopic (exact) mass is 265 g/mol. The van der Waals surface area contributed by atoms with E-state index < -0.39 is 22.0 Å². The van der Waals surface area contributed by atoms with E-state index in [9.17, 15) is 8.42 Å². The highest BCUT2D eigenvalue weighted by Crippen LogP contribution is 2.29. The zero-order valence-electron chi connectivity index (χ0n) is 14.2. The van der Waals surface area contributed by atoms with E-state index in [0.717, 1.165) is 0 Å². The summed E-state index contributed by atoms with van der Waals surface area (Å²) in [7, 11) is -3.35. The smallest absolute Gasteiger partial charge is 0.211 e. The van der Waals surface area contributed by atoms with Gasteiger partial charge in [-0.2, -0.15) is 4.31 Å². The van der Waals surface area contributed by atoms with Crippen molar-refractivity contribution in [1.29, 1.82) is 0 Å². The number of hydrogen-bond acceptors (Lipinski definition) is 2. The molecule has 0 heterocycles. The maximum absolute atomic E-state index is 11.9. The summed E-state index contributed by atoms with van der Waals surface area (Å²) in [6.45, 7) is 11.7. The lowest BCUT2D eigenvalue weighted by molar-refractivity contribution is 0.192. The Kier molecular flexibility index (Phi) is 4.14. The van der Waals surface area contributed by atoms with E-state index in [4.69, 9.17) is 2.74 Å². The Morgan fingerprint density at radius 1 is 1.24 bits per heavy atom. The highest BCUT2D eigenvalue weighted by atomic mass is 32.2. The molecule has 0 saturated carbocycles. The minimum atomic E-state index is -3.35. The molecule has 0 aliphatic carbocycles. The Morgan fingerprint density at radius 2 is 1.71 bits per heavy atom. The van der Waals surface area contributed by atoms with E-state index in [0.29, 0.717) is 0 Å². The number of nitrogens with zero attached hydrogens (tertiary/aromatic N) is 1. The molecule has 0 saturated heterocycles. The third-order valence-electron chi connectivity index (χ3n) is 2.82. The fraction of sp³-hybridized carbons (Fsp3) is 1.00. The van der Waals surface area contributed by atoms with Crippen LogP contribution in [0.15, 0.2) is 0 Å². The molecule has 0 aliphatic heterocycles. The summed E-state index contributed by atoms with van der Waals surface area (Å²) in [5, 5.41) is 0. The molecular weight excluding hydrogens is 234 g/mol. The second kappa shape index (κ2) is 5.27. The van der Waals surface area contributed by atoms with Crippen LogP contribution in [0.25, 0.3) is 0 Å². The molecule has 17 heavy (non-hydrogen) atoms. The first kappa shape index (κ1) is 13.3. The fourth-order valence-corrected chi connectivity index (χ4v) is 2.84. The number of rotatable bonds is 4. The van der Waals surface area contributed by atoms with Gasteiger partial charge in [-0.25, -0.2) is 8.42 Å². The molecule has 0 rings (SSSR count). The molecule has 0 aromatic heterocycles. The predicted octanol–water partition coefficient (Wildman–Crippen LogP) is 3.12. The quantitative estimate of drug-likeness (QED) is 0.783. The molecular formula is C13H29NO2S. The van der Waals surface area contributed by atoms with E-state index in [1.165, 1.54) is 10.6 Å². The van der Waals surface area contributed by atoms with E-state index in [1.54, 1.807) is 0 Å². The van der Waals surface area contributed by atoms with Gasteiger partial charge in [0.1, 0.15) is 0 Å². The molecule has 0 bridgehead atoms. The van der Waals surface area contributed by atoms with Gasteiger partial charge < -0.3 is 0 Å². The summed E-state index contributed by atoms with van der Waals surface area (Å²) >= 11 is 0. The standard InChI is InChI=1S/C13H29NO2S/c1-11(12(2,3)4)9-10-14(13(5,6)7)17(8,15)16/h11H,9-10H2,1-8H3/i1D,9D. The fourth-order valence-electron chi connectivity index (χ4n) is 1.48. The van der Waals surface area contributed by atoms with Gasteiger partial charge >= 0.3 is 0 Å². The zero-order chi connectivity index (χ0) is 15.6. The van der Waals surface area contributed by atoms with Crippen LogP contribution in [0.2, 0.25) is 0 Å². The van der Waals surface area contributed by atoms with Gasteiger partial charge in [0.2, 0.25) is 10.0 Å². The molecule has 0 spiro atoms. The van der Waals surface area contributed by atoms with Crippen molar-refractivity contribution in [1.82, 2.24) is 4.31 Å². The minimum absolute atomic E-state index is 0.138. The molecule has 3 nitrogen and oxygen atoms in total. The molecule has 2 atom stereocenters. The highest BCUT2D eigenvalue weighted by Gasteiger charge is 2.30. The molecule has 4 heteroatoms. The lowest BCUT2D eigenvalue weighted by atomic mass is 9.80. The van der Waals surface area contributed by atoms with Crippen LogP contribution in [0, 0.1) is 11.3 Å². The summed E-state index contributed by atoms with van der Waals surface area (Å²) in [6.07, 6.45) is 0.587. The van der Waals surface area contributed by atoms with E-state index in [1.807, 2.05) is 41.5 Å². The summed E-state index contributed by atoms with van der Waals surface area (Å²) < 4.78 is 41.0. The first-order valence-corrected chi connectivity index (χ1v) is 7.75. The van der Waals surface area contributed by atoms with Crippen LogP contribution in [-0.4, -0.2) is 31.1 Å². The minimum Gasteiger partial charge on any atom is -0.212 e. The van der Waals surface area contributed by atoms with Gasteiger partial charge in [0.25, 0.3) is 0 Å². The molecule has 0 aromatic carbocycles. The second-order valence-corrected chi connectivity index (χ2v) is 8.58. The van der Waals surface area contributed by atoms with Gasteiger partial charge in [-0.15, -0.1) is 0 Å². The van der Waals surface area contributed by atoms with Crippen LogP contribution in [-0.2, 0) is 10.0 Å². The van der Waals surface area contributed by atoms with Crippen molar-refractivity contribution in [3.8, 4) is 0 Å². The average molecular weight is 265 g/mol. The largest absolute Gasteiger partial charge is 0.212 e. The molecule has 2 unspecified atom stereocenters. The molecule has 0 fully saturated rings. The first-order valence-electron chi connectivity index (χ1n) is 7.19. The Hall–Kier alpha value is -0.0900. The van der Waals surface area contributed by atoms with Crippen molar-refractivity contribution in [2.75, 3.05) is 12.8 Å². The summed E-state index contributed by atoms with van der Waals surface area (Å²) in [5.41, 5.74) is -0.716. The average Bonchev–Trinajstić information content (AvgIpc) is 2.09. The van der Waals surface area contributed by atoms with E-state index >= 15 is 0 Å². The second-order valence-electron chi connectivity index (χ2n) is 6.67.